The van der Waals surface area contributed by atoms with E-state index in [1.165, 1.54) is 0 Å². The molecule has 0 amide bonds. The summed E-state index contributed by atoms with van der Waals surface area (Å²) in [5.41, 5.74) is 1.20. The Bertz CT molecular complexity index is 504. The maximum absolute atomic E-state index is 9.11. The highest BCUT2D eigenvalue weighted by molar-refractivity contribution is 6.29. The van der Waals surface area contributed by atoms with Gasteiger partial charge in [0.15, 0.2) is 5.15 Å². The van der Waals surface area contributed by atoms with Crippen molar-refractivity contribution in [1.82, 2.24) is 15.2 Å². The molecule has 5 heteroatoms. The van der Waals surface area contributed by atoms with Crippen LogP contribution < -0.4 is 0 Å². The normalized spacial score (nSPS) is 11.8. The van der Waals surface area contributed by atoms with Crippen LogP contribution in [0, 0.1) is 11.3 Å². The predicted octanol–water partition coefficient (Wildman–Crippen LogP) is 2.18. The minimum absolute atomic E-state index is 0.307. The molecule has 0 bridgehead atoms. The van der Waals surface area contributed by atoms with Gasteiger partial charge in [0.1, 0.15) is 5.92 Å². The first-order valence-corrected chi connectivity index (χ1v) is 4.98. The largest absolute Gasteiger partial charge is 0.259 e. The lowest BCUT2D eigenvalue weighted by Gasteiger charge is -2.06. The molecule has 0 radical (unpaired) electrons. The van der Waals surface area contributed by atoms with Gasteiger partial charge in [-0.25, -0.2) is 0 Å². The monoisotopic (exact) mass is 230 g/mol. The molecule has 2 aromatic rings. The summed E-state index contributed by atoms with van der Waals surface area (Å²) in [6.45, 7) is 0. The fourth-order valence-electron chi connectivity index (χ4n) is 1.31. The third-order valence-electron chi connectivity index (χ3n) is 2.06. The topological polar surface area (TPSA) is 62.5 Å². The molecule has 0 aliphatic heterocycles. The number of nitrogens with zero attached hydrogens (tertiary/aromatic N) is 4. The maximum atomic E-state index is 9.11. The molecule has 0 fully saturated rings. The quantitative estimate of drug-likeness (QED) is 0.793. The second-order valence-electron chi connectivity index (χ2n) is 3.10. The van der Waals surface area contributed by atoms with Crippen LogP contribution in [-0.2, 0) is 0 Å². The Morgan fingerprint density at radius 3 is 2.56 bits per heavy atom. The molecule has 0 unspecified atom stereocenters. The molecular formula is C11H7ClN4. The molecule has 0 aliphatic carbocycles. The third-order valence-corrected chi connectivity index (χ3v) is 2.26. The zero-order chi connectivity index (χ0) is 11.4. The van der Waals surface area contributed by atoms with E-state index in [0.29, 0.717) is 16.5 Å². The van der Waals surface area contributed by atoms with Gasteiger partial charge in [-0.3, -0.25) is 4.98 Å². The van der Waals surface area contributed by atoms with E-state index < -0.39 is 5.92 Å². The molecular weight excluding hydrogens is 224 g/mol. The second kappa shape index (κ2) is 4.69. The van der Waals surface area contributed by atoms with Crippen molar-refractivity contribution in [2.24, 2.45) is 0 Å². The Balaban J connectivity index is 2.38. The molecule has 2 aromatic heterocycles. The second-order valence-corrected chi connectivity index (χ2v) is 3.48. The van der Waals surface area contributed by atoms with Crippen LogP contribution in [-0.4, -0.2) is 15.2 Å². The Hall–Kier alpha value is -1.99. The van der Waals surface area contributed by atoms with Gasteiger partial charge in [-0.2, -0.15) is 10.4 Å². The van der Waals surface area contributed by atoms with Gasteiger partial charge in [0.25, 0.3) is 0 Å². The lowest BCUT2D eigenvalue weighted by molar-refractivity contribution is 0.859. The van der Waals surface area contributed by atoms with Crippen molar-refractivity contribution < 1.29 is 0 Å². The number of halogens is 1. The van der Waals surface area contributed by atoms with E-state index >= 15 is 0 Å². The molecule has 78 valence electrons. The van der Waals surface area contributed by atoms with Crippen LogP contribution >= 0.6 is 11.6 Å². The molecule has 2 rings (SSSR count). The predicted molar refractivity (Wildman–Crippen MR) is 58.7 cm³/mol. The van der Waals surface area contributed by atoms with Gasteiger partial charge in [-0.15, -0.1) is 5.10 Å². The smallest absolute Gasteiger partial charge is 0.151 e. The highest BCUT2D eigenvalue weighted by Gasteiger charge is 2.16. The minimum Gasteiger partial charge on any atom is -0.259 e. The van der Waals surface area contributed by atoms with Crippen molar-refractivity contribution in [1.29, 1.82) is 5.26 Å². The molecule has 4 nitrogen and oxygen atoms in total. The summed E-state index contributed by atoms with van der Waals surface area (Å²) in [7, 11) is 0. The standard InChI is InChI=1S/C11H7ClN4/c12-11-5-4-10(15-16-11)8(7-13)9-3-1-2-6-14-9/h1-6,8H/t8-/m1/s1. The van der Waals surface area contributed by atoms with E-state index in [1.807, 2.05) is 6.07 Å². The van der Waals surface area contributed by atoms with Crippen LogP contribution in [0.25, 0.3) is 0 Å². The zero-order valence-corrected chi connectivity index (χ0v) is 8.96. The lowest BCUT2D eigenvalue weighted by Crippen LogP contribution is -2.04. The summed E-state index contributed by atoms with van der Waals surface area (Å²) in [4.78, 5) is 4.13. The fourth-order valence-corrected chi connectivity index (χ4v) is 1.41. The molecule has 0 saturated heterocycles. The van der Waals surface area contributed by atoms with Crippen molar-refractivity contribution in [2.45, 2.75) is 5.92 Å². The summed E-state index contributed by atoms with van der Waals surface area (Å²) in [5.74, 6) is -0.508. The van der Waals surface area contributed by atoms with Crippen LogP contribution in [0.4, 0.5) is 0 Å². The average Bonchev–Trinajstić information content (AvgIpc) is 2.34. The molecule has 2 heterocycles. The van der Waals surface area contributed by atoms with Gasteiger partial charge >= 0.3 is 0 Å². The molecule has 16 heavy (non-hydrogen) atoms. The van der Waals surface area contributed by atoms with Crippen molar-refractivity contribution in [3.05, 3.63) is 53.1 Å². The molecule has 1 atom stereocenters. The lowest BCUT2D eigenvalue weighted by atomic mass is 10.0. The van der Waals surface area contributed by atoms with E-state index in [4.69, 9.17) is 16.9 Å². The summed E-state index contributed by atoms with van der Waals surface area (Å²) < 4.78 is 0. The van der Waals surface area contributed by atoms with Gasteiger partial charge in [-0.1, -0.05) is 17.7 Å². The van der Waals surface area contributed by atoms with Crippen LogP contribution in [0.15, 0.2) is 36.5 Å². The van der Waals surface area contributed by atoms with Crippen LogP contribution in [0.5, 0.6) is 0 Å². The van der Waals surface area contributed by atoms with Crippen LogP contribution in [0.3, 0.4) is 0 Å². The first-order valence-electron chi connectivity index (χ1n) is 4.61. The fraction of sp³-hybridized carbons (Fsp3) is 0.0909. The molecule has 0 aliphatic rings. The minimum atomic E-state index is -0.508. The van der Waals surface area contributed by atoms with Crippen molar-refractivity contribution in [2.75, 3.05) is 0 Å². The third kappa shape index (κ3) is 2.15. The Labute approximate surface area is 97.5 Å². The average molecular weight is 231 g/mol. The number of hydrogen-bond donors (Lipinski definition) is 0. The number of aromatic nitrogens is 3. The highest BCUT2D eigenvalue weighted by Crippen LogP contribution is 2.19. The van der Waals surface area contributed by atoms with Gasteiger partial charge in [0.05, 0.1) is 17.5 Å². The van der Waals surface area contributed by atoms with E-state index in [1.54, 1.807) is 30.5 Å². The Morgan fingerprint density at radius 2 is 2.00 bits per heavy atom. The van der Waals surface area contributed by atoms with Crippen LogP contribution in [0.2, 0.25) is 5.15 Å². The van der Waals surface area contributed by atoms with E-state index in [-0.39, 0.29) is 0 Å². The first-order chi connectivity index (χ1) is 7.81. The molecule has 0 aromatic carbocycles. The van der Waals surface area contributed by atoms with Gasteiger partial charge in [0, 0.05) is 6.20 Å². The van der Waals surface area contributed by atoms with E-state index in [9.17, 15) is 0 Å². The van der Waals surface area contributed by atoms with Crippen LogP contribution in [0.1, 0.15) is 17.3 Å². The Kier molecular flexibility index (Phi) is 3.08. The van der Waals surface area contributed by atoms with E-state index in [2.05, 4.69) is 21.3 Å². The van der Waals surface area contributed by atoms with Crippen molar-refractivity contribution in [3.63, 3.8) is 0 Å². The van der Waals surface area contributed by atoms with Gasteiger partial charge in [0.2, 0.25) is 0 Å². The summed E-state index contributed by atoms with van der Waals surface area (Å²) >= 11 is 5.63. The first kappa shape index (κ1) is 10.5. The summed E-state index contributed by atoms with van der Waals surface area (Å²) in [6.07, 6.45) is 1.64. The number of rotatable bonds is 2. The zero-order valence-electron chi connectivity index (χ0n) is 8.21. The number of nitriles is 1. The van der Waals surface area contributed by atoms with E-state index in [0.717, 1.165) is 0 Å². The summed E-state index contributed by atoms with van der Waals surface area (Å²) in [6, 6.07) is 10.8. The molecule has 0 spiro atoms. The Morgan fingerprint density at radius 1 is 1.12 bits per heavy atom. The number of hydrogen-bond acceptors (Lipinski definition) is 4. The molecule has 0 N–H and O–H groups in total. The SMILES string of the molecule is N#C[C@H](c1ccccn1)c1ccc(Cl)nn1. The summed E-state index contributed by atoms with van der Waals surface area (Å²) in [5, 5.41) is 17.0. The number of pyridine rings is 1. The van der Waals surface area contributed by atoms with Crippen molar-refractivity contribution in [3.8, 4) is 6.07 Å². The van der Waals surface area contributed by atoms with Gasteiger partial charge < -0.3 is 0 Å². The maximum Gasteiger partial charge on any atom is 0.151 e. The molecule has 0 saturated carbocycles. The van der Waals surface area contributed by atoms with Crippen molar-refractivity contribution >= 4 is 11.6 Å². The highest BCUT2D eigenvalue weighted by atomic mass is 35.5. The van der Waals surface area contributed by atoms with Gasteiger partial charge in [-0.05, 0) is 24.3 Å².